The molecule has 0 bridgehead atoms. The van der Waals surface area contributed by atoms with E-state index in [1.807, 2.05) is 18.2 Å². The van der Waals surface area contributed by atoms with Crippen LogP contribution in [0.15, 0.2) is 34.7 Å². The second-order valence-corrected chi connectivity index (χ2v) is 4.45. The first-order chi connectivity index (χ1) is 8.24. The van der Waals surface area contributed by atoms with Gasteiger partial charge in [-0.15, -0.1) is 0 Å². The largest absolute Gasteiger partial charge is 0.459 e. The van der Waals surface area contributed by atoms with Gasteiger partial charge in [-0.25, -0.2) is 0 Å². The van der Waals surface area contributed by atoms with Crippen LogP contribution in [-0.2, 0) is 0 Å². The summed E-state index contributed by atoms with van der Waals surface area (Å²) in [7, 11) is 0. The van der Waals surface area contributed by atoms with Gasteiger partial charge in [-0.3, -0.25) is 0 Å². The molecule has 0 aliphatic heterocycles. The highest BCUT2D eigenvalue weighted by Gasteiger charge is 2.16. The molecule has 2 aromatic rings. The lowest BCUT2D eigenvalue weighted by atomic mass is 10.1. The number of hydrogen-bond donors (Lipinski definition) is 2. The molecule has 17 heavy (non-hydrogen) atoms. The minimum absolute atomic E-state index is 0.0948. The first-order valence-electron chi connectivity index (χ1n) is 6.19. The molecule has 3 nitrogen and oxygen atoms in total. The van der Waals surface area contributed by atoms with Gasteiger partial charge in [-0.1, -0.05) is 25.1 Å². The van der Waals surface area contributed by atoms with E-state index >= 15 is 0 Å². The molecular formula is C14H20N2O. The quantitative estimate of drug-likeness (QED) is 0.833. The zero-order valence-electron chi connectivity index (χ0n) is 10.4. The molecule has 92 valence electrons. The first-order valence-corrected chi connectivity index (χ1v) is 6.19. The molecule has 1 heterocycles. The minimum Gasteiger partial charge on any atom is -0.459 e. The van der Waals surface area contributed by atoms with Crippen LogP contribution >= 0.6 is 0 Å². The Labute approximate surface area is 102 Å². The molecule has 1 aromatic carbocycles. The molecule has 0 radical (unpaired) electrons. The van der Waals surface area contributed by atoms with Crippen LogP contribution < -0.4 is 11.1 Å². The van der Waals surface area contributed by atoms with E-state index in [4.69, 9.17) is 10.2 Å². The van der Waals surface area contributed by atoms with Gasteiger partial charge in [0.1, 0.15) is 11.3 Å². The van der Waals surface area contributed by atoms with Gasteiger partial charge >= 0.3 is 0 Å². The van der Waals surface area contributed by atoms with Crippen molar-refractivity contribution < 1.29 is 4.42 Å². The highest BCUT2D eigenvalue weighted by atomic mass is 16.3. The van der Waals surface area contributed by atoms with E-state index in [1.165, 1.54) is 0 Å². The average Bonchev–Trinajstić information content (AvgIpc) is 2.78. The van der Waals surface area contributed by atoms with Crippen molar-refractivity contribution in [1.82, 2.24) is 5.32 Å². The lowest BCUT2D eigenvalue weighted by Gasteiger charge is -2.19. The monoisotopic (exact) mass is 232 g/mol. The second-order valence-electron chi connectivity index (χ2n) is 4.45. The zero-order chi connectivity index (χ0) is 12.3. The predicted molar refractivity (Wildman–Crippen MR) is 70.9 cm³/mol. The maximum atomic E-state index is 5.82. The van der Waals surface area contributed by atoms with Crippen LogP contribution in [0.5, 0.6) is 0 Å². The van der Waals surface area contributed by atoms with Crippen LogP contribution in [0.3, 0.4) is 0 Å². The number of fused-ring (bicyclic) bond motifs is 1. The highest BCUT2D eigenvalue weighted by molar-refractivity contribution is 5.77. The Hall–Kier alpha value is -1.32. The summed E-state index contributed by atoms with van der Waals surface area (Å²) in [6.07, 6.45) is 1.08. The van der Waals surface area contributed by atoms with Crippen molar-refractivity contribution in [3.05, 3.63) is 36.1 Å². The molecule has 0 spiro atoms. The van der Waals surface area contributed by atoms with E-state index in [9.17, 15) is 0 Å². The third kappa shape index (κ3) is 2.68. The first kappa shape index (κ1) is 12.1. The summed E-state index contributed by atoms with van der Waals surface area (Å²) < 4.78 is 5.82. The van der Waals surface area contributed by atoms with Crippen molar-refractivity contribution in [1.29, 1.82) is 0 Å². The summed E-state index contributed by atoms with van der Waals surface area (Å²) in [5.41, 5.74) is 6.73. The van der Waals surface area contributed by atoms with Crippen molar-refractivity contribution in [2.45, 2.75) is 32.4 Å². The number of rotatable bonds is 5. The third-order valence-corrected chi connectivity index (χ3v) is 3.12. The van der Waals surface area contributed by atoms with Crippen molar-refractivity contribution in [2.24, 2.45) is 5.73 Å². The van der Waals surface area contributed by atoms with Crippen molar-refractivity contribution in [3.8, 4) is 0 Å². The van der Waals surface area contributed by atoms with Gasteiger partial charge in [0.15, 0.2) is 0 Å². The van der Waals surface area contributed by atoms with Gasteiger partial charge in [0, 0.05) is 18.0 Å². The van der Waals surface area contributed by atoms with Crippen molar-refractivity contribution in [2.75, 3.05) is 6.54 Å². The number of nitrogens with one attached hydrogen (secondary N) is 1. The van der Waals surface area contributed by atoms with E-state index in [0.717, 1.165) is 23.2 Å². The van der Waals surface area contributed by atoms with Gasteiger partial charge in [0.2, 0.25) is 0 Å². The molecule has 3 N–H and O–H groups in total. The predicted octanol–water partition coefficient (Wildman–Crippen LogP) is 2.82. The average molecular weight is 232 g/mol. The summed E-state index contributed by atoms with van der Waals surface area (Å²) in [5, 5.41) is 4.61. The number of furan rings is 1. The van der Waals surface area contributed by atoms with E-state index < -0.39 is 0 Å². The highest BCUT2D eigenvalue weighted by Crippen LogP contribution is 2.23. The number of hydrogen-bond acceptors (Lipinski definition) is 3. The van der Waals surface area contributed by atoms with E-state index in [1.54, 1.807) is 0 Å². The molecule has 2 unspecified atom stereocenters. The molecule has 0 aliphatic rings. The van der Waals surface area contributed by atoms with E-state index in [0.29, 0.717) is 12.6 Å². The van der Waals surface area contributed by atoms with Gasteiger partial charge in [-0.05, 0) is 25.5 Å². The smallest absolute Gasteiger partial charge is 0.134 e. The Morgan fingerprint density at radius 3 is 2.76 bits per heavy atom. The number of nitrogens with two attached hydrogens (primary N) is 1. The van der Waals surface area contributed by atoms with Crippen LogP contribution in [0.2, 0.25) is 0 Å². The molecule has 3 heteroatoms. The summed E-state index contributed by atoms with van der Waals surface area (Å²) in [6.45, 7) is 4.86. The topological polar surface area (TPSA) is 51.2 Å². The lowest BCUT2D eigenvalue weighted by Crippen LogP contribution is -2.34. The molecule has 0 amide bonds. The normalized spacial score (nSPS) is 15.0. The molecule has 0 saturated carbocycles. The summed E-state index contributed by atoms with van der Waals surface area (Å²) in [4.78, 5) is 0. The van der Waals surface area contributed by atoms with Gasteiger partial charge < -0.3 is 15.5 Å². The fraction of sp³-hybridized carbons (Fsp3) is 0.429. The van der Waals surface area contributed by atoms with E-state index in [2.05, 4.69) is 31.3 Å². The molecule has 0 fully saturated rings. The van der Waals surface area contributed by atoms with Crippen molar-refractivity contribution in [3.63, 3.8) is 0 Å². The summed E-state index contributed by atoms with van der Waals surface area (Å²) in [5.74, 6) is 0.925. The third-order valence-electron chi connectivity index (χ3n) is 3.12. The Balaban J connectivity index is 2.24. The van der Waals surface area contributed by atoms with Gasteiger partial charge in [0.25, 0.3) is 0 Å². The molecule has 2 atom stereocenters. The fourth-order valence-corrected chi connectivity index (χ4v) is 1.90. The standard InChI is InChI=1S/C14H20N2O/c1-3-10(2)16-12(9-15)14-8-11-6-4-5-7-13(11)17-14/h4-8,10,12,16H,3,9,15H2,1-2H3. The molecule has 2 rings (SSSR count). The number of para-hydroxylation sites is 1. The molecule has 0 saturated heterocycles. The Bertz CT molecular complexity index is 445. The Kier molecular flexibility index (Phi) is 3.82. The zero-order valence-corrected chi connectivity index (χ0v) is 10.4. The Morgan fingerprint density at radius 2 is 2.12 bits per heavy atom. The van der Waals surface area contributed by atoms with Gasteiger partial charge in [0.05, 0.1) is 6.04 Å². The summed E-state index contributed by atoms with van der Waals surface area (Å²) in [6, 6.07) is 10.6. The molecular weight excluding hydrogens is 212 g/mol. The Morgan fingerprint density at radius 1 is 1.35 bits per heavy atom. The SMILES string of the molecule is CCC(C)NC(CN)c1cc2ccccc2o1. The lowest BCUT2D eigenvalue weighted by molar-refractivity contribution is 0.392. The van der Waals surface area contributed by atoms with Crippen LogP contribution in [0, 0.1) is 0 Å². The van der Waals surface area contributed by atoms with Crippen LogP contribution in [-0.4, -0.2) is 12.6 Å². The summed E-state index contributed by atoms with van der Waals surface area (Å²) >= 11 is 0. The van der Waals surface area contributed by atoms with Crippen LogP contribution in [0.1, 0.15) is 32.1 Å². The van der Waals surface area contributed by atoms with E-state index in [-0.39, 0.29) is 6.04 Å². The number of benzene rings is 1. The fourth-order valence-electron chi connectivity index (χ4n) is 1.90. The molecule has 1 aromatic heterocycles. The van der Waals surface area contributed by atoms with Crippen LogP contribution in [0.4, 0.5) is 0 Å². The van der Waals surface area contributed by atoms with Crippen LogP contribution in [0.25, 0.3) is 11.0 Å². The maximum Gasteiger partial charge on any atom is 0.134 e. The van der Waals surface area contributed by atoms with Crippen molar-refractivity contribution >= 4 is 11.0 Å². The minimum atomic E-state index is 0.0948. The molecule has 0 aliphatic carbocycles. The maximum absolute atomic E-state index is 5.82. The second kappa shape index (κ2) is 5.34. The van der Waals surface area contributed by atoms with Gasteiger partial charge in [-0.2, -0.15) is 0 Å².